The molecule has 0 aliphatic heterocycles. The Morgan fingerprint density at radius 2 is 0.438 bits per heavy atom. The molecule has 0 saturated carbocycles. The van der Waals surface area contributed by atoms with Gasteiger partial charge in [-0.25, -0.2) is 9.13 Å². The number of aliphatic hydroxyl groups is 1. The third-order valence-corrected chi connectivity index (χ3v) is 19.7. The number of phosphoric acid groups is 2. The average molecular weight is 1410 g/mol. The number of carbonyl (C=O) groups is 4. The Balaban J connectivity index is 5.23. The number of carbonyl (C=O) groups excluding carboxylic acids is 4. The van der Waals surface area contributed by atoms with Gasteiger partial charge in [-0.3, -0.25) is 37.3 Å². The lowest BCUT2D eigenvalue weighted by Gasteiger charge is -2.21. The van der Waals surface area contributed by atoms with E-state index in [1.165, 1.54) is 186 Å². The minimum atomic E-state index is -4.96. The van der Waals surface area contributed by atoms with Gasteiger partial charge in [0.2, 0.25) is 0 Å². The Kier molecular flexibility index (Phi) is 65.0. The summed E-state index contributed by atoms with van der Waals surface area (Å²) in [5, 5.41) is 10.6. The molecule has 0 aromatic heterocycles. The summed E-state index contributed by atoms with van der Waals surface area (Å²) in [6.45, 7) is 14.2. The van der Waals surface area contributed by atoms with Gasteiger partial charge in [0.1, 0.15) is 19.3 Å². The normalized spacial score (nSPS) is 14.1. The zero-order valence-corrected chi connectivity index (χ0v) is 64.8. The van der Waals surface area contributed by atoms with Crippen LogP contribution in [0.4, 0.5) is 0 Å². The second kappa shape index (κ2) is 66.3. The third-order valence-electron chi connectivity index (χ3n) is 17.8. The molecule has 19 heteroatoms. The van der Waals surface area contributed by atoms with Gasteiger partial charge in [-0.15, -0.1) is 0 Å². The number of rotatable bonds is 74. The summed E-state index contributed by atoms with van der Waals surface area (Å²) in [5.41, 5.74) is 0. The van der Waals surface area contributed by atoms with Crippen LogP contribution >= 0.6 is 15.6 Å². The summed E-state index contributed by atoms with van der Waals surface area (Å²) in [4.78, 5) is 72.8. The maximum Gasteiger partial charge on any atom is 0.472 e. The molecule has 0 aromatic carbocycles. The number of phosphoric ester groups is 2. The van der Waals surface area contributed by atoms with Crippen LogP contribution in [0.25, 0.3) is 0 Å². The highest BCUT2D eigenvalue weighted by atomic mass is 31.2. The van der Waals surface area contributed by atoms with Crippen LogP contribution in [0.1, 0.15) is 389 Å². The summed E-state index contributed by atoms with van der Waals surface area (Å²) in [7, 11) is -9.91. The molecular formula is C77H150O17P2. The van der Waals surface area contributed by atoms with Crippen molar-refractivity contribution in [1.82, 2.24) is 0 Å². The maximum atomic E-state index is 13.1. The molecule has 3 N–H and O–H groups in total. The monoisotopic (exact) mass is 1410 g/mol. The molecule has 0 aliphatic rings. The Bertz CT molecular complexity index is 1880. The molecule has 0 fully saturated rings. The van der Waals surface area contributed by atoms with E-state index in [0.717, 1.165) is 114 Å². The van der Waals surface area contributed by atoms with Gasteiger partial charge in [-0.2, -0.15) is 0 Å². The first-order chi connectivity index (χ1) is 46.1. The minimum absolute atomic E-state index is 0.106. The molecule has 0 radical (unpaired) electrons. The number of hydrogen-bond acceptors (Lipinski definition) is 15. The van der Waals surface area contributed by atoms with Gasteiger partial charge < -0.3 is 33.8 Å². The van der Waals surface area contributed by atoms with Crippen molar-refractivity contribution in [1.29, 1.82) is 0 Å². The van der Waals surface area contributed by atoms with Crippen molar-refractivity contribution in [2.45, 2.75) is 408 Å². The fraction of sp³-hybridized carbons (Fsp3) is 0.948. The number of aliphatic hydroxyl groups excluding tert-OH is 1. The highest BCUT2D eigenvalue weighted by Gasteiger charge is 2.30. The molecular weight excluding hydrogens is 1260 g/mol. The Morgan fingerprint density at radius 1 is 0.260 bits per heavy atom. The standard InChI is InChI=1S/C77H150O17P2/c1-67(2)53-45-37-29-22-16-12-10-9-11-13-18-25-33-41-49-57-74(79)87-63-72(93-77(82)60-52-44-35-27-21-20-24-31-39-47-55-69(5)6)65-91-95(83,84)89-61-71(78)62-90-96(85,86)92-66-73(64-88-75(80)58-50-42-36-28-32-40-48-56-70(7)8)94-76(81)59-51-43-34-26-19-15-14-17-23-30-38-46-54-68(3)4/h67-73,78H,9-66H2,1-8H3,(H,83,84)(H,85,86)/t71?,72-,73-/m1/s1. The molecule has 0 spiro atoms. The molecule has 0 heterocycles. The van der Waals surface area contributed by atoms with Crippen LogP contribution in [0.2, 0.25) is 0 Å². The minimum Gasteiger partial charge on any atom is -0.462 e. The molecule has 0 bridgehead atoms. The van der Waals surface area contributed by atoms with Crippen LogP contribution in [0.15, 0.2) is 0 Å². The predicted molar refractivity (Wildman–Crippen MR) is 391 cm³/mol. The summed E-state index contributed by atoms with van der Waals surface area (Å²) >= 11 is 0. The van der Waals surface area contributed by atoms with E-state index in [1.807, 2.05) is 0 Å². The lowest BCUT2D eigenvalue weighted by Crippen LogP contribution is -2.30. The number of esters is 4. The van der Waals surface area contributed by atoms with E-state index in [1.54, 1.807) is 0 Å². The maximum absolute atomic E-state index is 13.1. The SMILES string of the molecule is CC(C)CCCCCCCCCCCCCCCCCC(=O)OC[C@H](COP(=O)(O)OCC(O)COP(=O)(O)OC[C@@H](COC(=O)CCCCCCCCCC(C)C)OC(=O)CCCCCCCCCCCCCCC(C)C)OC(=O)CCCCCCCCCCCCC(C)C. The van der Waals surface area contributed by atoms with E-state index in [2.05, 4.69) is 55.4 Å². The van der Waals surface area contributed by atoms with Crippen molar-refractivity contribution in [3.63, 3.8) is 0 Å². The van der Waals surface area contributed by atoms with Gasteiger partial charge >= 0.3 is 39.5 Å². The first kappa shape index (κ1) is 94.1. The smallest absolute Gasteiger partial charge is 0.462 e. The number of ether oxygens (including phenoxy) is 4. The zero-order valence-electron chi connectivity index (χ0n) is 63.0. The van der Waals surface area contributed by atoms with E-state index in [9.17, 15) is 43.2 Å². The van der Waals surface area contributed by atoms with Crippen LogP contribution < -0.4 is 0 Å². The van der Waals surface area contributed by atoms with Crippen molar-refractivity contribution in [2.75, 3.05) is 39.6 Å². The molecule has 570 valence electrons. The number of hydrogen-bond donors (Lipinski definition) is 3. The molecule has 96 heavy (non-hydrogen) atoms. The van der Waals surface area contributed by atoms with Gasteiger partial charge in [0.25, 0.3) is 0 Å². The lowest BCUT2D eigenvalue weighted by molar-refractivity contribution is -0.161. The van der Waals surface area contributed by atoms with Gasteiger partial charge in [-0.1, -0.05) is 338 Å². The van der Waals surface area contributed by atoms with Crippen LogP contribution in [0.5, 0.6) is 0 Å². The van der Waals surface area contributed by atoms with E-state index in [-0.39, 0.29) is 25.7 Å². The fourth-order valence-electron chi connectivity index (χ4n) is 11.7. The highest BCUT2D eigenvalue weighted by molar-refractivity contribution is 7.47. The van der Waals surface area contributed by atoms with Crippen molar-refractivity contribution in [3.8, 4) is 0 Å². The van der Waals surface area contributed by atoms with Crippen LogP contribution in [-0.4, -0.2) is 96.7 Å². The summed E-state index contributed by atoms with van der Waals surface area (Å²) < 4.78 is 68.6. The van der Waals surface area contributed by atoms with Crippen LogP contribution in [0, 0.1) is 23.7 Å². The molecule has 0 aromatic rings. The first-order valence-electron chi connectivity index (χ1n) is 39.7. The molecule has 5 atom stereocenters. The predicted octanol–water partition coefficient (Wildman–Crippen LogP) is 22.4. The van der Waals surface area contributed by atoms with Crippen LogP contribution in [0.3, 0.4) is 0 Å². The fourth-order valence-corrected chi connectivity index (χ4v) is 13.3. The van der Waals surface area contributed by atoms with E-state index in [0.29, 0.717) is 31.6 Å². The van der Waals surface area contributed by atoms with Crippen molar-refractivity contribution < 1.29 is 80.2 Å². The second-order valence-corrected chi connectivity index (χ2v) is 32.6. The molecule has 0 amide bonds. The largest absolute Gasteiger partial charge is 0.472 e. The lowest BCUT2D eigenvalue weighted by atomic mass is 10.0. The first-order valence-corrected chi connectivity index (χ1v) is 42.7. The van der Waals surface area contributed by atoms with E-state index < -0.39 is 97.5 Å². The summed E-state index contributed by atoms with van der Waals surface area (Å²) in [6.07, 6.45) is 51.4. The Labute approximate surface area is 588 Å². The van der Waals surface area contributed by atoms with Crippen molar-refractivity contribution in [2.24, 2.45) is 23.7 Å². The molecule has 0 saturated heterocycles. The van der Waals surface area contributed by atoms with E-state index >= 15 is 0 Å². The Morgan fingerprint density at radius 3 is 0.646 bits per heavy atom. The third kappa shape index (κ3) is 70.5. The summed E-state index contributed by atoms with van der Waals surface area (Å²) in [5.74, 6) is 0.920. The molecule has 0 rings (SSSR count). The quantitative estimate of drug-likeness (QED) is 0.0222. The highest BCUT2D eigenvalue weighted by Crippen LogP contribution is 2.45. The van der Waals surface area contributed by atoms with Crippen molar-refractivity contribution >= 4 is 39.5 Å². The topological polar surface area (TPSA) is 237 Å². The van der Waals surface area contributed by atoms with Gasteiger partial charge in [-0.05, 0) is 49.4 Å². The van der Waals surface area contributed by atoms with Crippen LogP contribution in [-0.2, 0) is 65.4 Å². The Hall–Kier alpha value is -1.94. The second-order valence-electron chi connectivity index (χ2n) is 29.7. The molecule has 3 unspecified atom stereocenters. The van der Waals surface area contributed by atoms with Gasteiger partial charge in [0.15, 0.2) is 12.2 Å². The van der Waals surface area contributed by atoms with Crippen molar-refractivity contribution in [3.05, 3.63) is 0 Å². The van der Waals surface area contributed by atoms with E-state index in [4.69, 9.17) is 37.0 Å². The number of unbranched alkanes of at least 4 members (excludes halogenated alkanes) is 40. The van der Waals surface area contributed by atoms with Gasteiger partial charge in [0, 0.05) is 25.7 Å². The van der Waals surface area contributed by atoms with Gasteiger partial charge in [0.05, 0.1) is 26.4 Å². The molecule has 0 aliphatic carbocycles. The zero-order chi connectivity index (χ0) is 71.0. The molecule has 17 nitrogen and oxygen atoms in total. The summed E-state index contributed by atoms with van der Waals surface area (Å²) in [6, 6.07) is 0. The average Bonchev–Trinajstić information content (AvgIpc) is 1.07.